The van der Waals surface area contributed by atoms with Crippen LogP contribution in [0.1, 0.15) is 29.3 Å². The molecule has 0 atom stereocenters. The first kappa shape index (κ1) is 16.8. The number of carbonyl (C=O) groups excluding carboxylic acids is 2. The average Bonchev–Trinajstić information content (AvgIpc) is 3.10. The second-order valence-corrected chi connectivity index (χ2v) is 5.23. The standard InChI is InChI=1S/C18H22N2O3/c1-2-20(18(22)16-10-13-23-14-16)12-9-17(21)19-11-8-15-6-4-3-5-7-15/h3-7,10,13-14H,2,8-9,11-12H2,1H3,(H,19,21). The van der Waals surface area contributed by atoms with Gasteiger partial charge in [0.25, 0.3) is 5.91 Å². The molecule has 0 aliphatic carbocycles. The maximum atomic E-state index is 12.2. The van der Waals surface area contributed by atoms with Crippen molar-refractivity contribution in [1.29, 1.82) is 0 Å². The van der Waals surface area contributed by atoms with Crippen molar-refractivity contribution >= 4 is 11.8 Å². The molecule has 0 aliphatic heterocycles. The summed E-state index contributed by atoms with van der Waals surface area (Å²) in [4.78, 5) is 25.7. The van der Waals surface area contributed by atoms with Crippen molar-refractivity contribution in [3.8, 4) is 0 Å². The van der Waals surface area contributed by atoms with E-state index in [1.807, 2.05) is 37.3 Å². The number of benzene rings is 1. The smallest absolute Gasteiger partial charge is 0.257 e. The molecular weight excluding hydrogens is 292 g/mol. The quantitative estimate of drug-likeness (QED) is 0.814. The van der Waals surface area contributed by atoms with Gasteiger partial charge in [-0.15, -0.1) is 0 Å². The van der Waals surface area contributed by atoms with Gasteiger partial charge < -0.3 is 14.6 Å². The van der Waals surface area contributed by atoms with Gasteiger partial charge in [0.1, 0.15) is 6.26 Å². The first-order chi connectivity index (χ1) is 11.2. The molecule has 1 heterocycles. The van der Waals surface area contributed by atoms with Gasteiger partial charge in [0.05, 0.1) is 11.8 Å². The minimum Gasteiger partial charge on any atom is -0.472 e. The molecule has 0 saturated heterocycles. The summed E-state index contributed by atoms with van der Waals surface area (Å²) in [5.74, 6) is -0.155. The maximum Gasteiger partial charge on any atom is 0.257 e. The Hall–Kier alpha value is -2.56. The summed E-state index contributed by atoms with van der Waals surface area (Å²) in [7, 11) is 0. The van der Waals surface area contributed by atoms with E-state index < -0.39 is 0 Å². The molecule has 1 aromatic heterocycles. The number of hydrogen-bond donors (Lipinski definition) is 1. The Labute approximate surface area is 136 Å². The van der Waals surface area contributed by atoms with Crippen molar-refractivity contribution < 1.29 is 14.0 Å². The third-order valence-electron chi connectivity index (χ3n) is 3.62. The molecule has 5 nitrogen and oxygen atoms in total. The first-order valence-corrected chi connectivity index (χ1v) is 7.82. The molecule has 0 saturated carbocycles. The normalized spacial score (nSPS) is 10.3. The third kappa shape index (κ3) is 5.29. The number of rotatable bonds is 8. The van der Waals surface area contributed by atoms with Gasteiger partial charge >= 0.3 is 0 Å². The average molecular weight is 314 g/mol. The summed E-state index contributed by atoms with van der Waals surface area (Å²) in [6.45, 7) is 3.45. The van der Waals surface area contributed by atoms with Gasteiger partial charge in [-0.2, -0.15) is 0 Å². The lowest BCUT2D eigenvalue weighted by Crippen LogP contribution is -2.35. The molecule has 2 aromatic rings. The second kappa shape index (κ2) is 8.78. The predicted molar refractivity (Wildman–Crippen MR) is 88.1 cm³/mol. The molecule has 1 N–H and O–H groups in total. The summed E-state index contributed by atoms with van der Waals surface area (Å²) >= 11 is 0. The fraction of sp³-hybridized carbons (Fsp3) is 0.333. The van der Waals surface area contributed by atoms with Crippen molar-refractivity contribution in [3.05, 3.63) is 60.1 Å². The molecular formula is C18H22N2O3. The van der Waals surface area contributed by atoms with E-state index in [1.165, 1.54) is 18.1 Å². The van der Waals surface area contributed by atoms with Crippen LogP contribution < -0.4 is 5.32 Å². The van der Waals surface area contributed by atoms with Crippen molar-refractivity contribution in [2.24, 2.45) is 0 Å². The second-order valence-electron chi connectivity index (χ2n) is 5.23. The highest BCUT2D eigenvalue weighted by Crippen LogP contribution is 2.06. The Morgan fingerprint density at radius 3 is 2.61 bits per heavy atom. The third-order valence-corrected chi connectivity index (χ3v) is 3.62. The van der Waals surface area contributed by atoms with Gasteiger partial charge in [-0.25, -0.2) is 0 Å². The highest BCUT2D eigenvalue weighted by atomic mass is 16.3. The van der Waals surface area contributed by atoms with Gasteiger partial charge in [-0.05, 0) is 25.0 Å². The number of hydrogen-bond acceptors (Lipinski definition) is 3. The zero-order valence-corrected chi connectivity index (χ0v) is 13.3. The van der Waals surface area contributed by atoms with Crippen LogP contribution in [0.4, 0.5) is 0 Å². The van der Waals surface area contributed by atoms with E-state index in [1.54, 1.807) is 11.0 Å². The van der Waals surface area contributed by atoms with E-state index in [0.29, 0.717) is 31.6 Å². The van der Waals surface area contributed by atoms with Crippen LogP contribution in [-0.2, 0) is 11.2 Å². The summed E-state index contributed by atoms with van der Waals surface area (Å²) in [6.07, 6.45) is 3.99. The van der Waals surface area contributed by atoms with Crippen LogP contribution in [-0.4, -0.2) is 36.3 Å². The van der Waals surface area contributed by atoms with Crippen LogP contribution in [0.25, 0.3) is 0 Å². The Bertz CT molecular complexity index is 608. The van der Waals surface area contributed by atoms with E-state index in [0.717, 1.165) is 6.42 Å². The van der Waals surface area contributed by atoms with E-state index in [2.05, 4.69) is 5.32 Å². The molecule has 5 heteroatoms. The summed E-state index contributed by atoms with van der Waals surface area (Å²) in [6, 6.07) is 11.6. The Kier molecular flexibility index (Phi) is 6.41. The molecule has 0 radical (unpaired) electrons. The number of carbonyl (C=O) groups is 2. The first-order valence-electron chi connectivity index (χ1n) is 7.82. The summed E-state index contributed by atoms with van der Waals surface area (Å²) in [5.41, 5.74) is 1.70. The molecule has 2 amide bonds. The van der Waals surface area contributed by atoms with Crippen molar-refractivity contribution in [2.75, 3.05) is 19.6 Å². The molecule has 1 aromatic carbocycles. The predicted octanol–water partition coefficient (Wildman–Crippen LogP) is 2.49. The fourth-order valence-electron chi connectivity index (χ4n) is 2.29. The molecule has 0 spiro atoms. The van der Waals surface area contributed by atoms with Gasteiger partial charge in [-0.1, -0.05) is 30.3 Å². The van der Waals surface area contributed by atoms with Crippen LogP contribution in [0.2, 0.25) is 0 Å². The Morgan fingerprint density at radius 1 is 1.17 bits per heavy atom. The molecule has 23 heavy (non-hydrogen) atoms. The van der Waals surface area contributed by atoms with E-state index >= 15 is 0 Å². The van der Waals surface area contributed by atoms with Gasteiger partial charge in [0.2, 0.25) is 5.91 Å². The molecule has 2 rings (SSSR count). The highest BCUT2D eigenvalue weighted by molar-refractivity contribution is 5.94. The van der Waals surface area contributed by atoms with E-state index in [4.69, 9.17) is 4.42 Å². The fourth-order valence-corrected chi connectivity index (χ4v) is 2.29. The van der Waals surface area contributed by atoms with Gasteiger partial charge in [0.15, 0.2) is 0 Å². The maximum absolute atomic E-state index is 12.2. The van der Waals surface area contributed by atoms with Crippen molar-refractivity contribution in [2.45, 2.75) is 19.8 Å². The lowest BCUT2D eigenvalue weighted by atomic mass is 10.1. The molecule has 0 aliphatic rings. The molecule has 0 unspecified atom stereocenters. The van der Waals surface area contributed by atoms with Gasteiger partial charge in [0, 0.05) is 26.1 Å². The van der Waals surface area contributed by atoms with Crippen LogP contribution in [0.3, 0.4) is 0 Å². The largest absolute Gasteiger partial charge is 0.472 e. The summed E-state index contributed by atoms with van der Waals surface area (Å²) in [5, 5.41) is 2.89. The molecule has 0 fully saturated rings. The molecule has 0 bridgehead atoms. The lowest BCUT2D eigenvalue weighted by molar-refractivity contribution is -0.121. The SMILES string of the molecule is CCN(CCC(=O)NCCc1ccccc1)C(=O)c1ccoc1. The lowest BCUT2D eigenvalue weighted by Gasteiger charge is -2.19. The van der Waals surface area contributed by atoms with Crippen LogP contribution in [0.15, 0.2) is 53.3 Å². The minimum atomic E-state index is -0.113. The summed E-state index contributed by atoms with van der Waals surface area (Å²) < 4.78 is 4.92. The Morgan fingerprint density at radius 2 is 1.96 bits per heavy atom. The monoisotopic (exact) mass is 314 g/mol. The number of nitrogens with zero attached hydrogens (tertiary/aromatic N) is 1. The zero-order valence-electron chi connectivity index (χ0n) is 13.3. The van der Waals surface area contributed by atoms with Crippen LogP contribution >= 0.6 is 0 Å². The van der Waals surface area contributed by atoms with Gasteiger partial charge in [-0.3, -0.25) is 9.59 Å². The van der Waals surface area contributed by atoms with Crippen LogP contribution in [0, 0.1) is 0 Å². The number of nitrogens with one attached hydrogen (secondary N) is 1. The topological polar surface area (TPSA) is 62.6 Å². The van der Waals surface area contributed by atoms with E-state index in [9.17, 15) is 9.59 Å². The van der Waals surface area contributed by atoms with Crippen molar-refractivity contribution in [1.82, 2.24) is 10.2 Å². The zero-order chi connectivity index (χ0) is 16.5. The minimum absolute atomic E-state index is 0.0422. The number of furan rings is 1. The van der Waals surface area contributed by atoms with E-state index in [-0.39, 0.29) is 11.8 Å². The highest BCUT2D eigenvalue weighted by Gasteiger charge is 2.16. The number of amides is 2. The Balaban J connectivity index is 1.71. The molecule has 122 valence electrons. The van der Waals surface area contributed by atoms with Crippen LogP contribution in [0.5, 0.6) is 0 Å². The van der Waals surface area contributed by atoms with Crippen molar-refractivity contribution in [3.63, 3.8) is 0 Å².